The number of amides is 1. The van der Waals surface area contributed by atoms with Crippen molar-refractivity contribution in [3.8, 4) is 11.5 Å². The number of benzene rings is 1. The molecule has 0 N–H and O–H groups in total. The number of morpholine rings is 1. The summed E-state index contributed by atoms with van der Waals surface area (Å²) in [5.74, 6) is 1.30. The van der Waals surface area contributed by atoms with Gasteiger partial charge in [-0.2, -0.15) is 0 Å². The molecule has 5 nitrogen and oxygen atoms in total. The van der Waals surface area contributed by atoms with Gasteiger partial charge in [-0.1, -0.05) is 11.6 Å². The molecule has 0 spiro atoms. The zero-order chi connectivity index (χ0) is 15.7. The number of thiophene rings is 1. The van der Waals surface area contributed by atoms with Gasteiger partial charge in [-0.05, 0) is 6.07 Å². The number of hydrogen-bond acceptors (Lipinski definition) is 5. The van der Waals surface area contributed by atoms with Gasteiger partial charge in [0.2, 0.25) is 6.41 Å². The van der Waals surface area contributed by atoms with Crippen molar-refractivity contribution < 1.29 is 19.0 Å². The molecule has 0 radical (unpaired) electrons. The molecule has 7 heteroatoms. The van der Waals surface area contributed by atoms with Gasteiger partial charge in [0.1, 0.15) is 6.10 Å². The Morgan fingerprint density at radius 2 is 2.09 bits per heavy atom. The first-order chi connectivity index (χ1) is 10.7. The van der Waals surface area contributed by atoms with Crippen LogP contribution in [0.2, 0.25) is 5.02 Å². The van der Waals surface area contributed by atoms with Crippen LogP contribution in [-0.2, 0) is 9.53 Å². The van der Waals surface area contributed by atoms with Gasteiger partial charge >= 0.3 is 0 Å². The number of ether oxygens (including phenoxy) is 3. The SMILES string of the molecule is COc1cc2sc(C3CN(C=O)CCO3)c(Cl)c2cc1OC. The second-order valence-electron chi connectivity index (χ2n) is 4.94. The summed E-state index contributed by atoms with van der Waals surface area (Å²) in [5.41, 5.74) is 0. The zero-order valence-corrected chi connectivity index (χ0v) is 13.9. The van der Waals surface area contributed by atoms with Crippen LogP contribution in [0.15, 0.2) is 12.1 Å². The van der Waals surface area contributed by atoms with E-state index in [-0.39, 0.29) is 6.10 Å². The monoisotopic (exact) mass is 341 g/mol. The van der Waals surface area contributed by atoms with Crippen molar-refractivity contribution in [1.82, 2.24) is 4.90 Å². The molecule has 1 aromatic carbocycles. The Kier molecular flexibility index (Phi) is 4.42. The van der Waals surface area contributed by atoms with E-state index in [4.69, 9.17) is 25.8 Å². The van der Waals surface area contributed by atoms with Gasteiger partial charge in [-0.15, -0.1) is 11.3 Å². The highest BCUT2D eigenvalue weighted by Crippen LogP contribution is 2.44. The van der Waals surface area contributed by atoms with E-state index < -0.39 is 0 Å². The van der Waals surface area contributed by atoms with Crippen molar-refractivity contribution >= 4 is 39.4 Å². The van der Waals surface area contributed by atoms with E-state index >= 15 is 0 Å². The van der Waals surface area contributed by atoms with Gasteiger partial charge in [0.25, 0.3) is 0 Å². The lowest BCUT2D eigenvalue weighted by Gasteiger charge is -2.29. The molecule has 1 aliphatic rings. The van der Waals surface area contributed by atoms with Crippen molar-refractivity contribution in [3.05, 3.63) is 22.0 Å². The van der Waals surface area contributed by atoms with Crippen molar-refractivity contribution in [2.75, 3.05) is 33.9 Å². The first-order valence-corrected chi connectivity index (χ1v) is 8.02. The first kappa shape index (κ1) is 15.4. The van der Waals surface area contributed by atoms with E-state index in [9.17, 15) is 4.79 Å². The number of nitrogens with zero attached hydrogens (tertiary/aromatic N) is 1. The van der Waals surface area contributed by atoms with Crippen LogP contribution in [0.3, 0.4) is 0 Å². The van der Waals surface area contributed by atoms with Crippen LogP contribution in [0.4, 0.5) is 0 Å². The number of carbonyl (C=O) groups excluding carboxylic acids is 1. The second kappa shape index (κ2) is 6.32. The molecule has 2 heterocycles. The fraction of sp³-hybridized carbons (Fsp3) is 0.400. The minimum atomic E-state index is -0.194. The summed E-state index contributed by atoms with van der Waals surface area (Å²) in [6.07, 6.45) is 0.656. The maximum Gasteiger partial charge on any atom is 0.209 e. The molecule has 2 aromatic rings. The smallest absolute Gasteiger partial charge is 0.209 e. The van der Waals surface area contributed by atoms with Crippen molar-refractivity contribution in [2.24, 2.45) is 0 Å². The summed E-state index contributed by atoms with van der Waals surface area (Å²) in [6, 6.07) is 3.78. The fourth-order valence-corrected chi connectivity index (χ4v) is 4.14. The highest BCUT2D eigenvalue weighted by molar-refractivity contribution is 7.19. The second-order valence-corrected chi connectivity index (χ2v) is 6.41. The minimum Gasteiger partial charge on any atom is -0.493 e. The van der Waals surface area contributed by atoms with E-state index in [0.717, 1.165) is 21.4 Å². The highest BCUT2D eigenvalue weighted by atomic mass is 35.5. The maximum atomic E-state index is 11.0. The molecule has 0 bridgehead atoms. The van der Waals surface area contributed by atoms with Gasteiger partial charge in [-0.3, -0.25) is 4.79 Å². The highest BCUT2D eigenvalue weighted by Gasteiger charge is 2.26. The third-order valence-electron chi connectivity index (χ3n) is 3.70. The Morgan fingerprint density at radius 3 is 2.77 bits per heavy atom. The first-order valence-electron chi connectivity index (χ1n) is 6.82. The molecule has 1 aliphatic heterocycles. The van der Waals surface area contributed by atoms with Crippen molar-refractivity contribution in [2.45, 2.75) is 6.10 Å². The van der Waals surface area contributed by atoms with Crippen LogP contribution >= 0.6 is 22.9 Å². The molecular formula is C15H16ClNO4S. The molecule has 3 rings (SSSR count). The average molecular weight is 342 g/mol. The summed E-state index contributed by atoms with van der Waals surface area (Å²) in [5, 5.41) is 1.56. The molecule has 1 atom stereocenters. The van der Waals surface area contributed by atoms with Crippen molar-refractivity contribution in [1.29, 1.82) is 0 Å². The quantitative estimate of drug-likeness (QED) is 0.802. The molecule has 0 saturated carbocycles. The standard InChI is InChI=1S/C15H16ClNO4S/c1-19-10-5-9-13(6-11(10)20-2)22-15(14(9)16)12-7-17(8-18)3-4-21-12/h5-6,8,12H,3-4,7H2,1-2H3. The van der Waals surface area contributed by atoms with Gasteiger partial charge in [0.15, 0.2) is 11.5 Å². The Labute approximate surface area is 137 Å². The Hall–Kier alpha value is -1.50. The van der Waals surface area contributed by atoms with Crippen LogP contribution in [0, 0.1) is 0 Å². The average Bonchev–Trinajstić information content (AvgIpc) is 2.89. The number of methoxy groups -OCH3 is 2. The summed E-state index contributed by atoms with van der Waals surface area (Å²) >= 11 is 8.09. The third-order valence-corrected chi connectivity index (χ3v) is 5.46. The van der Waals surface area contributed by atoms with E-state index in [1.165, 1.54) is 0 Å². The van der Waals surface area contributed by atoms with Gasteiger partial charge in [0.05, 0.1) is 37.3 Å². The van der Waals surface area contributed by atoms with Gasteiger partial charge in [-0.25, -0.2) is 0 Å². The lowest BCUT2D eigenvalue weighted by Crippen LogP contribution is -2.37. The molecule has 1 amide bonds. The van der Waals surface area contributed by atoms with Crippen LogP contribution < -0.4 is 9.47 Å². The largest absolute Gasteiger partial charge is 0.493 e. The summed E-state index contributed by atoms with van der Waals surface area (Å²) < 4.78 is 17.4. The molecule has 118 valence electrons. The van der Waals surface area contributed by atoms with Crippen LogP contribution in [0.25, 0.3) is 10.1 Å². The molecule has 1 aromatic heterocycles. The molecule has 1 unspecified atom stereocenters. The minimum absolute atomic E-state index is 0.194. The topological polar surface area (TPSA) is 48.0 Å². The Morgan fingerprint density at radius 1 is 1.36 bits per heavy atom. The third kappa shape index (κ3) is 2.62. The summed E-state index contributed by atoms with van der Waals surface area (Å²) in [6.45, 7) is 1.65. The molecular weight excluding hydrogens is 326 g/mol. The zero-order valence-electron chi connectivity index (χ0n) is 12.3. The molecule has 0 aliphatic carbocycles. The van der Waals surface area contributed by atoms with Gasteiger partial charge in [0, 0.05) is 22.7 Å². The predicted molar refractivity (Wildman–Crippen MR) is 86.3 cm³/mol. The molecule has 1 fully saturated rings. The van der Waals surface area contributed by atoms with Crippen LogP contribution in [0.5, 0.6) is 11.5 Å². The number of halogens is 1. The number of rotatable bonds is 4. The predicted octanol–water partition coefficient (Wildman–Crippen LogP) is 3.10. The lowest BCUT2D eigenvalue weighted by atomic mass is 10.2. The van der Waals surface area contributed by atoms with E-state index in [2.05, 4.69) is 0 Å². The fourth-order valence-electron chi connectivity index (χ4n) is 2.54. The van der Waals surface area contributed by atoms with Crippen LogP contribution in [0.1, 0.15) is 11.0 Å². The van der Waals surface area contributed by atoms with Gasteiger partial charge < -0.3 is 19.1 Å². The number of fused-ring (bicyclic) bond motifs is 1. The van der Waals surface area contributed by atoms with E-state index in [1.807, 2.05) is 12.1 Å². The maximum absolute atomic E-state index is 11.0. The lowest BCUT2D eigenvalue weighted by molar-refractivity contribution is -0.125. The normalized spacial score (nSPS) is 18.5. The van der Waals surface area contributed by atoms with Crippen molar-refractivity contribution in [3.63, 3.8) is 0 Å². The molecule has 22 heavy (non-hydrogen) atoms. The Balaban J connectivity index is 2.03. The number of hydrogen-bond donors (Lipinski definition) is 0. The van der Waals surface area contributed by atoms with E-state index in [0.29, 0.717) is 36.2 Å². The van der Waals surface area contributed by atoms with Crippen LogP contribution in [-0.4, -0.2) is 45.2 Å². The summed E-state index contributed by atoms with van der Waals surface area (Å²) in [4.78, 5) is 13.6. The van der Waals surface area contributed by atoms with E-state index in [1.54, 1.807) is 30.5 Å². The Bertz CT molecular complexity index is 702. The molecule has 1 saturated heterocycles. The number of carbonyl (C=O) groups is 1. The summed E-state index contributed by atoms with van der Waals surface area (Å²) in [7, 11) is 3.20.